The van der Waals surface area contributed by atoms with E-state index in [1.54, 1.807) is 11.3 Å². The van der Waals surface area contributed by atoms with Gasteiger partial charge in [0.15, 0.2) is 0 Å². The SMILES string of the molecule is CCCC(=O)NCCc1sc(-c2ccc(Cl)cc2)nc1C. The number of amides is 1. The van der Waals surface area contributed by atoms with Gasteiger partial charge in [0, 0.05) is 34.8 Å². The number of benzene rings is 1. The average Bonchev–Trinajstić information content (AvgIpc) is 2.81. The first-order chi connectivity index (χ1) is 10.1. The van der Waals surface area contributed by atoms with Crippen molar-refractivity contribution in [2.24, 2.45) is 0 Å². The van der Waals surface area contributed by atoms with Crippen LogP contribution in [-0.2, 0) is 11.2 Å². The van der Waals surface area contributed by atoms with E-state index in [4.69, 9.17) is 11.6 Å². The maximum atomic E-state index is 11.4. The second-order valence-electron chi connectivity index (χ2n) is 4.88. The van der Waals surface area contributed by atoms with Crippen LogP contribution in [0, 0.1) is 6.92 Å². The van der Waals surface area contributed by atoms with Gasteiger partial charge >= 0.3 is 0 Å². The first-order valence-electron chi connectivity index (χ1n) is 7.09. The predicted octanol–water partition coefficient (Wildman–Crippen LogP) is 4.23. The third kappa shape index (κ3) is 4.55. The molecule has 2 rings (SSSR count). The van der Waals surface area contributed by atoms with E-state index in [1.165, 1.54) is 4.88 Å². The van der Waals surface area contributed by atoms with Crippen LogP contribution in [0.1, 0.15) is 30.3 Å². The van der Waals surface area contributed by atoms with Crippen LogP contribution in [0.2, 0.25) is 5.02 Å². The Balaban J connectivity index is 1.99. The number of aryl methyl sites for hydroxylation is 1. The Morgan fingerprint density at radius 2 is 2.05 bits per heavy atom. The van der Waals surface area contributed by atoms with Gasteiger partial charge in [-0.05, 0) is 25.5 Å². The standard InChI is InChI=1S/C16H19ClN2OS/c1-3-4-15(20)18-10-9-14-11(2)19-16(21-14)12-5-7-13(17)8-6-12/h5-8H,3-4,9-10H2,1-2H3,(H,18,20). The number of hydrogen-bond acceptors (Lipinski definition) is 3. The molecule has 112 valence electrons. The molecule has 0 aliphatic rings. The minimum absolute atomic E-state index is 0.123. The molecular weight excluding hydrogens is 304 g/mol. The highest BCUT2D eigenvalue weighted by atomic mass is 35.5. The number of nitrogens with zero attached hydrogens (tertiary/aromatic N) is 1. The molecule has 0 spiro atoms. The summed E-state index contributed by atoms with van der Waals surface area (Å²) in [5, 5.41) is 4.67. The molecular formula is C16H19ClN2OS. The molecule has 1 heterocycles. The largest absolute Gasteiger partial charge is 0.356 e. The molecule has 2 aromatic rings. The summed E-state index contributed by atoms with van der Waals surface area (Å²) in [6, 6.07) is 7.71. The predicted molar refractivity (Wildman–Crippen MR) is 88.9 cm³/mol. The Kier molecular flexibility index (Phi) is 5.76. The van der Waals surface area contributed by atoms with Gasteiger partial charge in [0.05, 0.1) is 5.69 Å². The summed E-state index contributed by atoms with van der Waals surface area (Å²) in [4.78, 5) is 17.3. The molecule has 1 amide bonds. The number of thiazole rings is 1. The van der Waals surface area contributed by atoms with Crippen molar-refractivity contribution < 1.29 is 4.79 Å². The number of carbonyl (C=O) groups excluding carboxylic acids is 1. The minimum atomic E-state index is 0.123. The molecule has 0 atom stereocenters. The first kappa shape index (κ1) is 16.0. The lowest BCUT2D eigenvalue weighted by molar-refractivity contribution is -0.121. The van der Waals surface area contributed by atoms with Crippen LogP contribution in [-0.4, -0.2) is 17.4 Å². The quantitative estimate of drug-likeness (QED) is 0.864. The van der Waals surface area contributed by atoms with E-state index in [-0.39, 0.29) is 5.91 Å². The maximum absolute atomic E-state index is 11.4. The fourth-order valence-electron chi connectivity index (χ4n) is 2.01. The molecule has 0 aliphatic carbocycles. The van der Waals surface area contributed by atoms with Gasteiger partial charge in [-0.15, -0.1) is 11.3 Å². The molecule has 0 saturated heterocycles. The van der Waals surface area contributed by atoms with Gasteiger partial charge in [0.25, 0.3) is 0 Å². The van der Waals surface area contributed by atoms with Crippen molar-refractivity contribution in [3.63, 3.8) is 0 Å². The number of hydrogen-bond donors (Lipinski definition) is 1. The van der Waals surface area contributed by atoms with Gasteiger partial charge in [-0.25, -0.2) is 4.98 Å². The van der Waals surface area contributed by atoms with Crippen molar-refractivity contribution in [2.75, 3.05) is 6.54 Å². The van der Waals surface area contributed by atoms with Gasteiger partial charge in [-0.1, -0.05) is 30.7 Å². The smallest absolute Gasteiger partial charge is 0.219 e. The summed E-state index contributed by atoms with van der Waals surface area (Å²) in [6.45, 7) is 4.69. The zero-order valence-corrected chi connectivity index (χ0v) is 13.9. The monoisotopic (exact) mass is 322 g/mol. The molecule has 1 aromatic carbocycles. The van der Waals surface area contributed by atoms with Crippen LogP contribution < -0.4 is 5.32 Å². The Morgan fingerprint density at radius 1 is 1.33 bits per heavy atom. The molecule has 1 aromatic heterocycles. The first-order valence-corrected chi connectivity index (χ1v) is 8.28. The normalized spacial score (nSPS) is 10.6. The summed E-state index contributed by atoms with van der Waals surface area (Å²) in [5.74, 6) is 0.123. The van der Waals surface area contributed by atoms with Crippen LogP contribution in [0.25, 0.3) is 10.6 Å². The molecule has 5 heteroatoms. The van der Waals surface area contributed by atoms with Crippen molar-refractivity contribution in [1.29, 1.82) is 0 Å². The fourth-order valence-corrected chi connectivity index (χ4v) is 3.20. The summed E-state index contributed by atoms with van der Waals surface area (Å²) < 4.78 is 0. The zero-order valence-electron chi connectivity index (χ0n) is 12.3. The summed E-state index contributed by atoms with van der Waals surface area (Å²) in [5.41, 5.74) is 2.11. The average molecular weight is 323 g/mol. The third-order valence-corrected chi connectivity index (χ3v) is 4.65. The van der Waals surface area contributed by atoms with E-state index in [0.29, 0.717) is 13.0 Å². The van der Waals surface area contributed by atoms with Crippen LogP contribution in [0.5, 0.6) is 0 Å². The van der Waals surface area contributed by atoms with E-state index >= 15 is 0 Å². The number of carbonyl (C=O) groups is 1. The lowest BCUT2D eigenvalue weighted by atomic mass is 10.2. The van der Waals surface area contributed by atoms with Crippen molar-refractivity contribution in [2.45, 2.75) is 33.1 Å². The highest BCUT2D eigenvalue weighted by molar-refractivity contribution is 7.15. The molecule has 0 bridgehead atoms. The van der Waals surface area contributed by atoms with Crippen molar-refractivity contribution >= 4 is 28.8 Å². The van der Waals surface area contributed by atoms with E-state index in [2.05, 4.69) is 10.3 Å². The zero-order chi connectivity index (χ0) is 15.2. The molecule has 0 unspecified atom stereocenters. The van der Waals surface area contributed by atoms with E-state index in [9.17, 15) is 4.79 Å². The van der Waals surface area contributed by atoms with E-state index in [0.717, 1.165) is 34.1 Å². The Labute approximate surface area is 134 Å². The Hall–Kier alpha value is -1.39. The highest BCUT2D eigenvalue weighted by Crippen LogP contribution is 2.28. The third-order valence-electron chi connectivity index (χ3n) is 3.14. The number of rotatable bonds is 6. The summed E-state index contributed by atoms with van der Waals surface area (Å²) in [7, 11) is 0. The van der Waals surface area contributed by atoms with E-state index in [1.807, 2.05) is 38.1 Å². The Bertz CT molecular complexity index is 607. The second kappa shape index (κ2) is 7.57. The van der Waals surface area contributed by atoms with Gasteiger partial charge in [-0.2, -0.15) is 0 Å². The maximum Gasteiger partial charge on any atom is 0.219 e. The van der Waals surface area contributed by atoms with Crippen molar-refractivity contribution in [3.8, 4) is 10.6 Å². The summed E-state index contributed by atoms with van der Waals surface area (Å²) in [6.07, 6.45) is 2.30. The van der Waals surface area contributed by atoms with Gasteiger partial charge in [0.1, 0.15) is 5.01 Å². The van der Waals surface area contributed by atoms with Crippen LogP contribution >= 0.6 is 22.9 Å². The van der Waals surface area contributed by atoms with Crippen LogP contribution in [0.15, 0.2) is 24.3 Å². The van der Waals surface area contributed by atoms with E-state index < -0.39 is 0 Å². The van der Waals surface area contributed by atoms with Crippen LogP contribution in [0.4, 0.5) is 0 Å². The number of aromatic nitrogens is 1. The molecule has 0 radical (unpaired) electrons. The molecule has 0 fully saturated rings. The molecule has 1 N–H and O–H groups in total. The van der Waals surface area contributed by atoms with Crippen molar-refractivity contribution in [3.05, 3.63) is 39.9 Å². The lowest BCUT2D eigenvalue weighted by Gasteiger charge is -2.02. The fraction of sp³-hybridized carbons (Fsp3) is 0.375. The minimum Gasteiger partial charge on any atom is -0.356 e. The van der Waals surface area contributed by atoms with Gasteiger partial charge in [0.2, 0.25) is 5.91 Å². The van der Waals surface area contributed by atoms with Crippen molar-refractivity contribution in [1.82, 2.24) is 10.3 Å². The van der Waals surface area contributed by atoms with Gasteiger partial charge < -0.3 is 5.32 Å². The van der Waals surface area contributed by atoms with Gasteiger partial charge in [-0.3, -0.25) is 4.79 Å². The Morgan fingerprint density at radius 3 is 2.71 bits per heavy atom. The second-order valence-corrected chi connectivity index (χ2v) is 6.40. The molecule has 0 aliphatic heterocycles. The van der Waals surface area contributed by atoms with Crippen LogP contribution in [0.3, 0.4) is 0 Å². The molecule has 3 nitrogen and oxygen atoms in total. The summed E-state index contributed by atoms with van der Waals surface area (Å²) >= 11 is 7.58. The molecule has 0 saturated carbocycles. The number of nitrogens with one attached hydrogen (secondary N) is 1. The number of halogens is 1. The molecule has 21 heavy (non-hydrogen) atoms. The lowest BCUT2D eigenvalue weighted by Crippen LogP contribution is -2.25. The topological polar surface area (TPSA) is 42.0 Å². The highest BCUT2D eigenvalue weighted by Gasteiger charge is 2.09.